The molecule has 28 heavy (non-hydrogen) atoms. The fraction of sp³-hybridized carbons (Fsp3) is 0.368. The van der Waals surface area contributed by atoms with Gasteiger partial charge in [-0.3, -0.25) is 4.55 Å². The molecule has 154 valence electrons. The zero-order valence-corrected chi connectivity index (χ0v) is 16.7. The highest BCUT2D eigenvalue weighted by Gasteiger charge is 2.42. The van der Waals surface area contributed by atoms with Crippen LogP contribution in [0.4, 0.5) is 17.6 Å². The Morgan fingerprint density at radius 1 is 1.04 bits per heavy atom. The van der Waals surface area contributed by atoms with Crippen LogP contribution >= 0.6 is 0 Å². The van der Waals surface area contributed by atoms with E-state index in [0.29, 0.717) is 11.1 Å². The van der Waals surface area contributed by atoms with Gasteiger partial charge in [0.2, 0.25) is 0 Å². The average molecular weight is 420 g/mol. The van der Waals surface area contributed by atoms with Crippen LogP contribution < -0.4 is 0 Å². The summed E-state index contributed by atoms with van der Waals surface area (Å²) >= 11 is 0. The molecule has 2 aromatic rings. The molecule has 1 unspecified atom stereocenters. The molecular formula is C19H20F4O4S. The molecule has 0 aliphatic heterocycles. The summed E-state index contributed by atoms with van der Waals surface area (Å²) in [5.74, 6) is -8.50. The van der Waals surface area contributed by atoms with Gasteiger partial charge in [0.05, 0.1) is 5.56 Å². The van der Waals surface area contributed by atoms with Crippen LogP contribution in [-0.2, 0) is 20.5 Å². The molecule has 9 heteroatoms. The molecule has 0 saturated heterocycles. The molecule has 0 bridgehead atoms. The van der Waals surface area contributed by atoms with Gasteiger partial charge >= 0.3 is 10.1 Å². The fourth-order valence-corrected chi connectivity index (χ4v) is 3.82. The van der Waals surface area contributed by atoms with Crippen molar-refractivity contribution >= 4 is 10.1 Å². The number of ether oxygens (including phenoxy) is 1. The smallest absolute Gasteiger partial charge is 0.300 e. The summed E-state index contributed by atoms with van der Waals surface area (Å²) in [6.45, 7) is 6.58. The molecule has 0 amide bonds. The van der Waals surface area contributed by atoms with E-state index in [1.54, 1.807) is 25.1 Å². The van der Waals surface area contributed by atoms with Crippen LogP contribution in [-0.4, -0.2) is 20.1 Å². The summed E-state index contributed by atoms with van der Waals surface area (Å²) in [7, 11) is -4.43. The Balaban J connectivity index is 2.99. The van der Waals surface area contributed by atoms with Crippen molar-refractivity contribution in [2.45, 2.75) is 44.1 Å². The van der Waals surface area contributed by atoms with Gasteiger partial charge in [-0.1, -0.05) is 37.6 Å². The molecule has 0 saturated carbocycles. The Morgan fingerprint density at radius 2 is 1.54 bits per heavy atom. The summed E-state index contributed by atoms with van der Waals surface area (Å²) < 4.78 is 94.9. The van der Waals surface area contributed by atoms with Crippen LogP contribution in [0.15, 0.2) is 23.1 Å². The highest BCUT2D eigenvalue weighted by atomic mass is 32.2. The fourth-order valence-electron chi connectivity index (χ4n) is 3.19. The second kappa shape index (κ2) is 7.46. The maximum atomic E-state index is 14.8. The van der Waals surface area contributed by atoms with Crippen molar-refractivity contribution < 1.29 is 35.3 Å². The van der Waals surface area contributed by atoms with Crippen LogP contribution in [0.5, 0.6) is 0 Å². The second-order valence-corrected chi connectivity index (χ2v) is 8.28. The Kier molecular flexibility index (Phi) is 5.94. The number of methoxy groups -OCH3 is 1. The number of halogens is 4. The molecule has 0 radical (unpaired) electrons. The molecule has 0 fully saturated rings. The van der Waals surface area contributed by atoms with E-state index in [-0.39, 0.29) is 11.5 Å². The predicted molar refractivity (Wildman–Crippen MR) is 94.8 cm³/mol. The summed E-state index contributed by atoms with van der Waals surface area (Å²) in [5, 5.41) is 0. The van der Waals surface area contributed by atoms with Crippen LogP contribution in [0.1, 0.15) is 48.9 Å². The second-order valence-electron chi connectivity index (χ2n) is 6.92. The van der Waals surface area contributed by atoms with E-state index < -0.39 is 49.4 Å². The van der Waals surface area contributed by atoms with Gasteiger partial charge < -0.3 is 4.74 Å². The molecule has 4 nitrogen and oxygen atoms in total. The lowest BCUT2D eigenvalue weighted by atomic mass is 9.80. The van der Waals surface area contributed by atoms with Crippen molar-refractivity contribution in [2.24, 2.45) is 0 Å². The molecule has 2 aromatic carbocycles. The topological polar surface area (TPSA) is 63.6 Å². The lowest BCUT2D eigenvalue weighted by Gasteiger charge is -2.33. The molecule has 0 aliphatic rings. The number of aryl methyl sites for hydroxylation is 1. The van der Waals surface area contributed by atoms with E-state index in [0.717, 1.165) is 7.11 Å². The average Bonchev–Trinajstić information content (AvgIpc) is 2.58. The molecule has 2 rings (SSSR count). The van der Waals surface area contributed by atoms with E-state index in [4.69, 9.17) is 9.29 Å². The van der Waals surface area contributed by atoms with Crippen molar-refractivity contribution in [2.75, 3.05) is 7.11 Å². The normalized spacial score (nSPS) is 14.4. The number of hydrogen-bond acceptors (Lipinski definition) is 3. The van der Waals surface area contributed by atoms with Crippen LogP contribution in [0.3, 0.4) is 0 Å². The first-order valence-electron chi connectivity index (χ1n) is 8.27. The lowest BCUT2D eigenvalue weighted by Crippen LogP contribution is -2.32. The quantitative estimate of drug-likeness (QED) is 0.428. The highest BCUT2D eigenvalue weighted by Crippen LogP contribution is 2.42. The van der Waals surface area contributed by atoms with Crippen molar-refractivity contribution in [1.82, 2.24) is 0 Å². The van der Waals surface area contributed by atoms with Gasteiger partial charge in [0.1, 0.15) is 5.60 Å². The Hall–Kier alpha value is -1.97. The highest BCUT2D eigenvalue weighted by molar-refractivity contribution is 7.85. The zero-order valence-electron chi connectivity index (χ0n) is 15.9. The summed E-state index contributed by atoms with van der Waals surface area (Å²) in [4.78, 5) is -2.09. The van der Waals surface area contributed by atoms with Crippen LogP contribution in [0.2, 0.25) is 0 Å². The van der Waals surface area contributed by atoms with E-state index in [1.807, 2.05) is 13.8 Å². The lowest BCUT2D eigenvalue weighted by molar-refractivity contribution is 0.0301. The van der Waals surface area contributed by atoms with Gasteiger partial charge in [-0.15, -0.1) is 0 Å². The largest absolute Gasteiger partial charge is 0.369 e. The Bertz CT molecular complexity index is 1010. The molecule has 0 spiro atoms. The predicted octanol–water partition coefficient (Wildman–Crippen LogP) is 4.83. The molecule has 1 atom stereocenters. The maximum Gasteiger partial charge on any atom is 0.300 e. The van der Waals surface area contributed by atoms with E-state index in [2.05, 4.69) is 0 Å². The van der Waals surface area contributed by atoms with Gasteiger partial charge in [-0.05, 0) is 30.9 Å². The van der Waals surface area contributed by atoms with Crippen molar-refractivity contribution in [1.29, 1.82) is 0 Å². The molecule has 0 aliphatic carbocycles. The van der Waals surface area contributed by atoms with E-state index >= 15 is 0 Å². The third-order valence-corrected chi connectivity index (χ3v) is 5.59. The third-order valence-electron chi connectivity index (χ3n) is 4.71. The van der Waals surface area contributed by atoms with Crippen LogP contribution in [0.25, 0.3) is 0 Å². The van der Waals surface area contributed by atoms with Gasteiger partial charge in [-0.25, -0.2) is 17.6 Å². The molecule has 0 heterocycles. The maximum absolute atomic E-state index is 14.8. The van der Waals surface area contributed by atoms with Gasteiger partial charge in [0.15, 0.2) is 28.2 Å². The monoisotopic (exact) mass is 420 g/mol. The van der Waals surface area contributed by atoms with Gasteiger partial charge in [0, 0.05) is 7.11 Å². The minimum atomic E-state index is -5.54. The Labute approximate surface area is 160 Å². The van der Waals surface area contributed by atoms with Crippen LogP contribution in [0, 0.1) is 30.2 Å². The molecule has 1 N–H and O–H groups in total. The number of hydrogen-bond donors (Lipinski definition) is 1. The Morgan fingerprint density at radius 3 is 1.93 bits per heavy atom. The minimum absolute atomic E-state index is 0.122. The van der Waals surface area contributed by atoms with E-state index in [9.17, 15) is 26.0 Å². The summed E-state index contributed by atoms with van der Waals surface area (Å²) in [6.07, 6.45) is 0. The molecule has 0 aromatic heterocycles. The van der Waals surface area contributed by atoms with Crippen molar-refractivity contribution in [3.8, 4) is 0 Å². The molecular weight excluding hydrogens is 400 g/mol. The first-order chi connectivity index (χ1) is 12.8. The number of rotatable bonds is 5. The first kappa shape index (κ1) is 22.3. The van der Waals surface area contributed by atoms with Gasteiger partial charge in [-0.2, -0.15) is 8.42 Å². The minimum Gasteiger partial charge on any atom is -0.369 e. The van der Waals surface area contributed by atoms with Crippen molar-refractivity contribution in [3.63, 3.8) is 0 Å². The van der Waals surface area contributed by atoms with Gasteiger partial charge in [0.25, 0.3) is 0 Å². The standard InChI is InChI=1S/C19H20F4O4S/c1-9(2)11-7-6-10(3)8-12(11)19(4,27-5)13-14(20)16(22)18(28(24,25)26)17(23)15(13)21/h6-9H,1-5H3,(H,24,25,26). The first-order valence-corrected chi connectivity index (χ1v) is 9.71. The summed E-state index contributed by atoms with van der Waals surface area (Å²) in [5.41, 5.74) is -1.53. The number of benzene rings is 2. The summed E-state index contributed by atoms with van der Waals surface area (Å²) in [6, 6.07) is 5.05. The SMILES string of the molecule is COC(C)(c1cc(C)ccc1C(C)C)c1c(F)c(F)c(S(=O)(=O)O)c(F)c1F. The van der Waals surface area contributed by atoms with Crippen molar-refractivity contribution in [3.05, 3.63) is 63.7 Å². The zero-order chi connectivity index (χ0) is 21.6. The van der Waals surface area contributed by atoms with E-state index in [1.165, 1.54) is 6.92 Å². The third kappa shape index (κ3) is 3.54.